The van der Waals surface area contributed by atoms with E-state index in [4.69, 9.17) is 4.74 Å². The van der Waals surface area contributed by atoms with Gasteiger partial charge in [-0.25, -0.2) is 0 Å². The molecular formula is C27H32O4. The Hall–Kier alpha value is -3.14. The quantitative estimate of drug-likeness (QED) is 0.428. The average molecular weight is 421 g/mol. The van der Waals surface area contributed by atoms with Crippen LogP contribution in [0.1, 0.15) is 62.9 Å². The maximum absolute atomic E-state index is 10.5. The van der Waals surface area contributed by atoms with Gasteiger partial charge in [0.1, 0.15) is 11.5 Å². The standard InChI is InChI=1S/C27H32O4/c1-8-31-24-13-20(9-10-23(24)28)25(21-11-14(2)26(29)18(6)16(21)4)22-12-15(3)27(30)19(7)17(22)5/h9-13,25,28-30H,8H2,1-7H3. The fourth-order valence-electron chi connectivity index (χ4n) is 4.31. The highest BCUT2D eigenvalue weighted by molar-refractivity contribution is 5.60. The van der Waals surface area contributed by atoms with Crippen LogP contribution >= 0.6 is 0 Å². The molecule has 4 heteroatoms. The highest BCUT2D eigenvalue weighted by Crippen LogP contribution is 2.43. The van der Waals surface area contributed by atoms with E-state index in [2.05, 4.69) is 0 Å². The summed E-state index contributed by atoms with van der Waals surface area (Å²) in [5.74, 6) is 1.02. The fourth-order valence-corrected chi connectivity index (χ4v) is 4.31. The van der Waals surface area contributed by atoms with Gasteiger partial charge in [-0.05, 0) is 111 Å². The molecule has 4 nitrogen and oxygen atoms in total. The first kappa shape index (κ1) is 22.5. The van der Waals surface area contributed by atoms with Crippen molar-refractivity contribution in [3.63, 3.8) is 0 Å². The molecule has 0 aromatic heterocycles. The summed E-state index contributed by atoms with van der Waals surface area (Å²) in [7, 11) is 0. The van der Waals surface area contributed by atoms with Crippen molar-refractivity contribution in [2.75, 3.05) is 6.61 Å². The smallest absolute Gasteiger partial charge is 0.161 e. The number of aryl methyl sites for hydroxylation is 2. The van der Waals surface area contributed by atoms with Gasteiger partial charge in [0.2, 0.25) is 0 Å². The summed E-state index contributed by atoms with van der Waals surface area (Å²) in [5, 5.41) is 31.2. The zero-order valence-electron chi connectivity index (χ0n) is 19.4. The summed E-state index contributed by atoms with van der Waals surface area (Å²) in [4.78, 5) is 0. The Morgan fingerprint density at radius 1 is 0.710 bits per heavy atom. The molecule has 0 aliphatic rings. The summed E-state index contributed by atoms with van der Waals surface area (Å²) in [6.07, 6.45) is 0. The molecule has 31 heavy (non-hydrogen) atoms. The van der Waals surface area contributed by atoms with Crippen LogP contribution in [0, 0.1) is 41.5 Å². The zero-order valence-corrected chi connectivity index (χ0v) is 19.4. The first-order valence-electron chi connectivity index (χ1n) is 10.6. The number of phenolic OH excluding ortho intramolecular Hbond substituents is 3. The van der Waals surface area contributed by atoms with Crippen molar-refractivity contribution in [1.29, 1.82) is 0 Å². The molecule has 0 saturated heterocycles. The number of hydrogen-bond donors (Lipinski definition) is 3. The predicted octanol–water partition coefficient (Wildman–Crippen LogP) is 6.23. The van der Waals surface area contributed by atoms with Crippen LogP contribution in [0.3, 0.4) is 0 Å². The molecule has 0 atom stereocenters. The van der Waals surface area contributed by atoms with Crippen LogP contribution in [0.15, 0.2) is 30.3 Å². The molecule has 3 N–H and O–H groups in total. The van der Waals surface area contributed by atoms with Gasteiger partial charge in [-0.15, -0.1) is 0 Å². The number of phenols is 3. The molecule has 0 heterocycles. The molecule has 0 aliphatic carbocycles. The molecule has 0 spiro atoms. The van der Waals surface area contributed by atoms with E-state index in [1.54, 1.807) is 6.07 Å². The topological polar surface area (TPSA) is 69.9 Å². The number of rotatable bonds is 5. The zero-order chi connectivity index (χ0) is 23.0. The second-order valence-electron chi connectivity index (χ2n) is 8.36. The van der Waals surface area contributed by atoms with Crippen LogP contribution in [-0.4, -0.2) is 21.9 Å². The number of hydrogen-bond acceptors (Lipinski definition) is 4. The molecule has 3 rings (SSSR count). The lowest BCUT2D eigenvalue weighted by Crippen LogP contribution is -2.10. The van der Waals surface area contributed by atoms with Gasteiger partial charge in [0.15, 0.2) is 11.5 Å². The SMILES string of the molecule is CCOc1cc(C(c2cc(C)c(O)c(C)c2C)c2cc(C)c(O)c(C)c2C)ccc1O. The minimum Gasteiger partial charge on any atom is -0.507 e. The summed E-state index contributed by atoms with van der Waals surface area (Å²) in [6, 6.07) is 9.53. The maximum Gasteiger partial charge on any atom is 0.161 e. The van der Waals surface area contributed by atoms with Crippen molar-refractivity contribution in [2.45, 2.75) is 54.4 Å². The number of aromatic hydroxyl groups is 3. The Bertz CT molecular complexity index is 1080. The fraction of sp³-hybridized carbons (Fsp3) is 0.333. The lowest BCUT2D eigenvalue weighted by Gasteiger charge is -2.27. The van der Waals surface area contributed by atoms with Crippen LogP contribution in [0.4, 0.5) is 0 Å². The van der Waals surface area contributed by atoms with Crippen molar-refractivity contribution in [2.24, 2.45) is 0 Å². The average Bonchev–Trinajstić information content (AvgIpc) is 2.74. The Kier molecular flexibility index (Phi) is 6.21. The molecule has 0 radical (unpaired) electrons. The molecular weight excluding hydrogens is 388 g/mol. The minimum absolute atomic E-state index is 0.105. The molecule has 0 fully saturated rings. The van der Waals surface area contributed by atoms with Crippen molar-refractivity contribution >= 4 is 0 Å². The number of ether oxygens (including phenoxy) is 1. The van der Waals surface area contributed by atoms with Crippen LogP contribution < -0.4 is 4.74 Å². The lowest BCUT2D eigenvalue weighted by molar-refractivity contribution is 0.317. The van der Waals surface area contributed by atoms with E-state index in [0.29, 0.717) is 23.9 Å². The minimum atomic E-state index is -0.157. The largest absolute Gasteiger partial charge is 0.507 e. The monoisotopic (exact) mass is 420 g/mol. The highest BCUT2D eigenvalue weighted by Gasteiger charge is 2.26. The van der Waals surface area contributed by atoms with Crippen LogP contribution in [0.5, 0.6) is 23.0 Å². The first-order valence-corrected chi connectivity index (χ1v) is 10.6. The van der Waals surface area contributed by atoms with E-state index in [0.717, 1.165) is 50.1 Å². The summed E-state index contributed by atoms with van der Waals surface area (Å²) in [5.41, 5.74) is 8.50. The van der Waals surface area contributed by atoms with Gasteiger partial charge < -0.3 is 20.1 Å². The van der Waals surface area contributed by atoms with E-state index >= 15 is 0 Å². The Morgan fingerprint density at radius 3 is 1.65 bits per heavy atom. The third-order valence-electron chi connectivity index (χ3n) is 6.43. The Morgan fingerprint density at radius 2 is 1.19 bits per heavy atom. The van der Waals surface area contributed by atoms with Gasteiger partial charge in [0.25, 0.3) is 0 Å². The second-order valence-corrected chi connectivity index (χ2v) is 8.36. The van der Waals surface area contributed by atoms with Crippen LogP contribution in [0.25, 0.3) is 0 Å². The first-order chi connectivity index (χ1) is 14.6. The van der Waals surface area contributed by atoms with Crippen molar-refractivity contribution < 1.29 is 20.1 Å². The van der Waals surface area contributed by atoms with Gasteiger partial charge >= 0.3 is 0 Å². The molecule has 0 saturated carbocycles. The van der Waals surface area contributed by atoms with Gasteiger partial charge in [-0.2, -0.15) is 0 Å². The van der Waals surface area contributed by atoms with E-state index in [1.807, 2.05) is 72.7 Å². The third-order valence-corrected chi connectivity index (χ3v) is 6.43. The lowest BCUT2D eigenvalue weighted by atomic mass is 9.78. The van der Waals surface area contributed by atoms with Crippen molar-refractivity contribution in [1.82, 2.24) is 0 Å². The Balaban J connectivity index is 2.39. The van der Waals surface area contributed by atoms with E-state index in [1.165, 1.54) is 0 Å². The van der Waals surface area contributed by atoms with Crippen LogP contribution in [-0.2, 0) is 0 Å². The molecule has 0 unspecified atom stereocenters. The van der Waals surface area contributed by atoms with Crippen LogP contribution in [0.2, 0.25) is 0 Å². The summed E-state index contributed by atoms with van der Waals surface area (Å²) >= 11 is 0. The molecule has 3 aromatic rings. The molecule has 0 aliphatic heterocycles. The predicted molar refractivity (Wildman–Crippen MR) is 125 cm³/mol. The Labute approximate surface area is 184 Å². The third kappa shape index (κ3) is 3.95. The van der Waals surface area contributed by atoms with Gasteiger partial charge in [0, 0.05) is 5.92 Å². The highest BCUT2D eigenvalue weighted by atomic mass is 16.5. The van der Waals surface area contributed by atoms with Gasteiger partial charge in [-0.3, -0.25) is 0 Å². The maximum atomic E-state index is 10.5. The van der Waals surface area contributed by atoms with Crippen molar-refractivity contribution in [3.8, 4) is 23.0 Å². The summed E-state index contributed by atoms with van der Waals surface area (Å²) in [6.45, 7) is 14.1. The molecule has 0 amide bonds. The van der Waals surface area contributed by atoms with E-state index in [-0.39, 0.29) is 11.7 Å². The van der Waals surface area contributed by atoms with Gasteiger partial charge in [-0.1, -0.05) is 18.2 Å². The number of benzene rings is 3. The molecule has 0 bridgehead atoms. The van der Waals surface area contributed by atoms with Gasteiger partial charge in [0.05, 0.1) is 6.61 Å². The van der Waals surface area contributed by atoms with E-state index in [9.17, 15) is 15.3 Å². The normalized spacial score (nSPS) is 11.2. The molecule has 3 aromatic carbocycles. The van der Waals surface area contributed by atoms with Crippen molar-refractivity contribution in [3.05, 3.63) is 80.4 Å². The summed E-state index contributed by atoms with van der Waals surface area (Å²) < 4.78 is 5.66. The van der Waals surface area contributed by atoms with E-state index < -0.39 is 0 Å². The molecule has 164 valence electrons. The second kappa shape index (κ2) is 8.54.